The van der Waals surface area contributed by atoms with Gasteiger partial charge in [-0.25, -0.2) is 0 Å². The molecule has 2 fully saturated rings. The van der Waals surface area contributed by atoms with E-state index in [2.05, 4.69) is 24.4 Å². The molecule has 0 saturated carbocycles. The normalized spacial score (nSPS) is 39.9. The third-order valence-electron chi connectivity index (χ3n) is 2.84. The Hall–Kier alpha value is -0.340. The second-order valence-electron chi connectivity index (χ2n) is 3.69. The molecule has 2 bridgehead atoms. The van der Waals surface area contributed by atoms with Crippen LogP contribution in [-0.4, -0.2) is 24.8 Å². The molecule has 3 unspecified atom stereocenters. The summed E-state index contributed by atoms with van der Waals surface area (Å²) in [5.41, 5.74) is 0. The summed E-state index contributed by atoms with van der Waals surface area (Å²) in [4.78, 5) is 0. The Labute approximate surface area is 74.0 Å². The third-order valence-corrected chi connectivity index (χ3v) is 2.84. The molecule has 0 aromatic rings. The zero-order valence-electron chi connectivity index (χ0n) is 7.62. The van der Waals surface area contributed by atoms with Crippen LogP contribution in [-0.2, 0) is 4.74 Å². The van der Waals surface area contributed by atoms with Crippen molar-refractivity contribution in [3.8, 4) is 0 Å². The molecule has 2 heterocycles. The minimum Gasteiger partial charge on any atom is -0.373 e. The Morgan fingerprint density at radius 2 is 2.42 bits per heavy atom. The van der Waals surface area contributed by atoms with Crippen molar-refractivity contribution < 1.29 is 4.74 Å². The maximum absolute atomic E-state index is 5.73. The number of fused-ring (bicyclic) bond motifs is 2. The molecular formula is C10H17NO. The van der Waals surface area contributed by atoms with Crippen molar-refractivity contribution in [3.63, 3.8) is 0 Å². The Morgan fingerprint density at radius 3 is 3.00 bits per heavy atom. The lowest BCUT2D eigenvalue weighted by Gasteiger charge is -2.18. The van der Waals surface area contributed by atoms with Crippen molar-refractivity contribution in [3.05, 3.63) is 12.2 Å². The summed E-state index contributed by atoms with van der Waals surface area (Å²) in [6.45, 7) is 3.05. The van der Waals surface area contributed by atoms with E-state index in [4.69, 9.17) is 4.74 Å². The Bertz CT molecular complexity index is 179. The summed E-state index contributed by atoms with van der Waals surface area (Å²) in [6, 6.07) is 0.625. The molecule has 0 amide bonds. The quantitative estimate of drug-likeness (QED) is 0.643. The van der Waals surface area contributed by atoms with Gasteiger partial charge in [-0.3, -0.25) is 0 Å². The molecule has 0 spiro atoms. The van der Waals surface area contributed by atoms with Crippen LogP contribution in [0.1, 0.15) is 26.2 Å². The first-order valence-electron chi connectivity index (χ1n) is 4.90. The lowest BCUT2D eigenvalue weighted by atomic mass is 9.95. The number of hydrogen-bond donors (Lipinski definition) is 1. The molecule has 3 atom stereocenters. The van der Waals surface area contributed by atoms with Crippen LogP contribution in [0.2, 0.25) is 0 Å². The van der Waals surface area contributed by atoms with Crippen molar-refractivity contribution in [1.29, 1.82) is 0 Å². The molecule has 2 nitrogen and oxygen atoms in total. The Morgan fingerprint density at radius 1 is 1.50 bits per heavy atom. The zero-order chi connectivity index (χ0) is 8.39. The molecule has 0 aromatic heterocycles. The molecule has 0 aliphatic carbocycles. The standard InChI is InChI=1S/C10H17NO/c1-2-3-6-11-9-7-8-4-5-10(9)12-8/h2-3,8-11H,4-7H2,1H3/b3-2+. The SMILES string of the molecule is C/C=C/CNC1CC2CCC1O2. The van der Waals surface area contributed by atoms with Crippen LogP contribution in [0, 0.1) is 0 Å². The van der Waals surface area contributed by atoms with Crippen LogP contribution in [0.15, 0.2) is 12.2 Å². The minimum atomic E-state index is 0.514. The monoisotopic (exact) mass is 167 g/mol. The number of ether oxygens (including phenoxy) is 1. The van der Waals surface area contributed by atoms with Crippen LogP contribution in [0.4, 0.5) is 0 Å². The van der Waals surface area contributed by atoms with Gasteiger partial charge in [0.2, 0.25) is 0 Å². The van der Waals surface area contributed by atoms with Gasteiger partial charge in [0.05, 0.1) is 12.2 Å². The lowest BCUT2D eigenvalue weighted by molar-refractivity contribution is 0.0978. The molecular weight excluding hydrogens is 150 g/mol. The highest BCUT2D eigenvalue weighted by Gasteiger charge is 2.39. The van der Waals surface area contributed by atoms with Gasteiger partial charge >= 0.3 is 0 Å². The van der Waals surface area contributed by atoms with Gasteiger partial charge < -0.3 is 10.1 Å². The van der Waals surface area contributed by atoms with Gasteiger partial charge in [0.25, 0.3) is 0 Å². The van der Waals surface area contributed by atoms with Gasteiger partial charge in [0.1, 0.15) is 0 Å². The summed E-state index contributed by atoms with van der Waals surface area (Å²) in [5.74, 6) is 0. The third kappa shape index (κ3) is 1.54. The number of rotatable bonds is 3. The van der Waals surface area contributed by atoms with E-state index >= 15 is 0 Å². The molecule has 1 N–H and O–H groups in total. The number of allylic oxidation sites excluding steroid dienone is 1. The summed E-state index contributed by atoms with van der Waals surface area (Å²) < 4.78 is 5.73. The zero-order valence-corrected chi connectivity index (χ0v) is 7.62. The fourth-order valence-electron chi connectivity index (χ4n) is 2.19. The molecule has 2 aliphatic heterocycles. The topological polar surface area (TPSA) is 21.3 Å². The smallest absolute Gasteiger partial charge is 0.0733 e. The molecule has 68 valence electrons. The van der Waals surface area contributed by atoms with Gasteiger partial charge in [-0.1, -0.05) is 12.2 Å². The van der Waals surface area contributed by atoms with Gasteiger partial charge in [0.15, 0.2) is 0 Å². The molecule has 0 aromatic carbocycles. The van der Waals surface area contributed by atoms with Crippen molar-refractivity contribution in [1.82, 2.24) is 5.32 Å². The van der Waals surface area contributed by atoms with Gasteiger partial charge in [0, 0.05) is 12.6 Å². The molecule has 0 radical (unpaired) electrons. The van der Waals surface area contributed by atoms with Crippen molar-refractivity contribution in [2.45, 2.75) is 44.4 Å². The highest BCUT2D eigenvalue weighted by molar-refractivity contribution is 4.95. The van der Waals surface area contributed by atoms with Gasteiger partial charge in [-0.15, -0.1) is 0 Å². The molecule has 2 saturated heterocycles. The highest BCUT2D eigenvalue weighted by atomic mass is 16.5. The second-order valence-corrected chi connectivity index (χ2v) is 3.69. The minimum absolute atomic E-state index is 0.514. The van der Waals surface area contributed by atoms with Crippen LogP contribution in [0.5, 0.6) is 0 Å². The average Bonchev–Trinajstić information content (AvgIpc) is 2.65. The van der Waals surface area contributed by atoms with E-state index in [1.807, 2.05) is 0 Å². The van der Waals surface area contributed by atoms with Crippen molar-refractivity contribution >= 4 is 0 Å². The van der Waals surface area contributed by atoms with Gasteiger partial charge in [-0.05, 0) is 26.2 Å². The maximum Gasteiger partial charge on any atom is 0.0733 e. The van der Waals surface area contributed by atoms with Crippen LogP contribution < -0.4 is 5.32 Å². The maximum atomic E-state index is 5.73. The first-order chi connectivity index (χ1) is 5.90. The average molecular weight is 167 g/mol. The van der Waals surface area contributed by atoms with Crippen molar-refractivity contribution in [2.24, 2.45) is 0 Å². The number of hydrogen-bond acceptors (Lipinski definition) is 2. The summed E-state index contributed by atoms with van der Waals surface area (Å²) in [7, 11) is 0. The van der Waals surface area contributed by atoms with E-state index in [9.17, 15) is 0 Å². The molecule has 2 aliphatic rings. The fraction of sp³-hybridized carbons (Fsp3) is 0.800. The second kappa shape index (κ2) is 3.58. The van der Waals surface area contributed by atoms with E-state index in [0.717, 1.165) is 6.54 Å². The van der Waals surface area contributed by atoms with E-state index in [1.165, 1.54) is 19.3 Å². The highest BCUT2D eigenvalue weighted by Crippen LogP contribution is 2.34. The number of nitrogens with one attached hydrogen (secondary N) is 1. The largest absolute Gasteiger partial charge is 0.373 e. The summed E-state index contributed by atoms with van der Waals surface area (Å²) >= 11 is 0. The van der Waals surface area contributed by atoms with E-state index in [0.29, 0.717) is 18.2 Å². The predicted molar refractivity (Wildman–Crippen MR) is 49.1 cm³/mol. The van der Waals surface area contributed by atoms with E-state index in [1.54, 1.807) is 0 Å². The predicted octanol–water partition coefficient (Wildman–Crippen LogP) is 1.47. The molecule has 12 heavy (non-hydrogen) atoms. The molecule has 2 rings (SSSR count). The van der Waals surface area contributed by atoms with Crippen LogP contribution in [0.25, 0.3) is 0 Å². The summed E-state index contributed by atoms with van der Waals surface area (Å²) in [6.07, 6.45) is 9.10. The lowest BCUT2D eigenvalue weighted by Crippen LogP contribution is -2.37. The van der Waals surface area contributed by atoms with E-state index < -0.39 is 0 Å². The Kier molecular flexibility index (Phi) is 2.47. The Balaban J connectivity index is 1.75. The fourth-order valence-corrected chi connectivity index (χ4v) is 2.19. The van der Waals surface area contributed by atoms with Crippen molar-refractivity contribution in [2.75, 3.05) is 6.54 Å². The summed E-state index contributed by atoms with van der Waals surface area (Å²) in [5, 5.41) is 3.50. The van der Waals surface area contributed by atoms with Gasteiger partial charge in [-0.2, -0.15) is 0 Å². The first-order valence-corrected chi connectivity index (χ1v) is 4.90. The van der Waals surface area contributed by atoms with Crippen LogP contribution in [0.3, 0.4) is 0 Å². The van der Waals surface area contributed by atoms with Crippen LogP contribution >= 0.6 is 0 Å². The molecule has 2 heteroatoms. The first kappa shape index (κ1) is 8.27. The van der Waals surface area contributed by atoms with E-state index in [-0.39, 0.29) is 0 Å².